The van der Waals surface area contributed by atoms with Crippen molar-refractivity contribution in [3.63, 3.8) is 0 Å². The van der Waals surface area contributed by atoms with Gasteiger partial charge in [-0.3, -0.25) is 4.79 Å². The maximum absolute atomic E-state index is 12.1. The van der Waals surface area contributed by atoms with E-state index in [-0.39, 0.29) is 17.7 Å². The van der Waals surface area contributed by atoms with Crippen LogP contribution in [-0.2, 0) is 0 Å². The van der Waals surface area contributed by atoms with Gasteiger partial charge in [-0.25, -0.2) is 0 Å². The van der Waals surface area contributed by atoms with Gasteiger partial charge >= 0.3 is 6.61 Å². The lowest BCUT2D eigenvalue weighted by Gasteiger charge is -2.15. The van der Waals surface area contributed by atoms with E-state index in [1.807, 2.05) is 6.07 Å². The second kappa shape index (κ2) is 7.36. The van der Waals surface area contributed by atoms with Crippen LogP contribution in [0, 0.1) is 11.3 Å². The zero-order valence-electron chi connectivity index (χ0n) is 12.3. The molecule has 0 radical (unpaired) electrons. The third kappa shape index (κ3) is 4.51. The lowest BCUT2D eigenvalue weighted by molar-refractivity contribution is -0.0498. The number of halogens is 2. The van der Waals surface area contributed by atoms with Crippen molar-refractivity contribution >= 4 is 5.91 Å². The van der Waals surface area contributed by atoms with Crippen molar-refractivity contribution < 1.29 is 18.3 Å². The third-order valence-electron chi connectivity index (χ3n) is 3.23. The first-order valence-corrected chi connectivity index (χ1v) is 6.85. The van der Waals surface area contributed by atoms with Crippen LogP contribution in [0.1, 0.15) is 34.5 Å². The largest absolute Gasteiger partial charge is 0.435 e. The second-order valence-electron chi connectivity index (χ2n) is 4.83. The van der Waals surface area contributed by atoms with E-state index in [1.165, 1.54) is 12.1 Å². The first kappa shape index (κ1) is 16.4. The average Bonchev–Trinajstić information content (AvgIpc) is 2.55. The van der Waals surface area contributed by atoms with E-state index in [4.69, 9.17) is 5.26 Å². The number of alkyl halides is 2. The molecule has 23 heavy (non-hydrogen) atoms. The molecule has 0 aliphatic rings. The molecule has 0 saturated heterocycles. The minimum atomic E-state index is -2.87. The highest BCUT2D eigenvalue weighted by atomic mass is 19.3. The van der Waals surface area contributed by atoms with E-state index in [2.05, 4.69) is 10.1 Å². The SMILES string of the molecule is CC(NC(=O)c1ccc(C#N)cc1)c1ccc(OC(F)F)cc1. The molecule has 0 spiro atoms. The molecule has 0 bridgehead atoms. The average molecular weight is 316 g/mol. The summed E-state index contributed by atoms with van der Waals surface area (Å²) in [6.45, 7) is -1.08. The Balaban J connectivity index is 2.01. The zero-order valence-corrected chi connectivity index (χ0v) is 12.3. The second-order valence-corrected chi connectivity index (χ2v) is 4.83. The van der Waals surface area contributed by atoms with Gasteiger partial charge in [0.2, 0.25) is 0 Å². The zero-order chi connectivity index (χ0) is 16.8. The van der Waals surface area contributed by atoms with Gasteiger partial charge in [0.15, 0.2) is 0 Å². The Kier molecular flexibility index (Phi) is 5.26. The molecule has 0 saturated carbocycles. The van der Waals surface area contributed by atoms with Gasteiger partial charge in [0.1, 0.15) is 5.75 Å². The molecular weight excluding hydrogens is 302 g/mol. The molecular formula is C17H14F2N2O2. The summed E-state index contributed by atoms with van der Waals surface area (Å²) in [5.41, 5.74) is 1.67. The first-order valence-electron chi connectivity index (χ1n) is 6.85. The maximum Gasteiger partial charge on any atom is 0.387 e. The molecule has 0 heterocycles. The van der Waals surface area contributed by atoms with Crippen LogP contribution in [-0.4, -0.2) is 12.5 Å². The molecule has 1 atom stereocenters. The third-order valence-corrected chi connectivity index (χ3v) is 3.23. The summed E-state index contributed by atoms with van der Waals surface area (Å²) in [5.74, 6) is -0.218. The van der Waals surface area contributed by atoms with Crippen LogP contribution in [0.15, 0.2) is 48.5 Å². The summed E-state index contributed by atoms with van der Waals surface area (Å²) >= 11 is 0. The summed E-state index contributed by atoms with van der Waals surface area (Å²) in [5, 5.41) is 11.5. The highest BCUT2D eigenvalue weighted by Crippen LogP contribution is 2.19. The highest BCUT2D eigenvalue weighted by Gasteiger charge is 2.12. The molecule has 2 aromatic rings. The number of nitriles is 1. The standard InChI is InChI=1S/C17H14F2N2O2/c1-11(13-6-8-15(9-7-13)23-17(18)19)21-16(22)14-4-2-12(10-20)3-5-14/h2-9,11,17H,1H3,(H,21,22). The van der Waals surface area contributed by atoms with Gasteiger partial charge in [-0.05, 0) is 48.9 Å². The van der Waals surface area contributed by atoms with Crippen molar-refractivity contribution in [1.82, 2.24) is 5.32 Å². The predicted molar refractivity (Wildman–Crippen MR) is 80.1 cm³/mol. The van der Waals surface area contributed by atoms with Crippen LogP contribution < -0.4 is 10.1 Å². The lowest BCUT2D eigenvalue weighted by atomic mass is 10.1. The fourth-order valence-electron chi connectivity index (χ4n) is 2.00. The van der Waals surface area contributed by atoms with Crippen molar-refractivity contribution in [2.75, 3.05) is 0 Å². The highest BCUT2D eigenvalue weighted by molar-refractivity contribution is 5.94. The molecule has 6 heteroatoms. The number of nitrogens with zero attached hydrogens (tertiary/aromatic N) is 1. The van der Waals surface area contributed by atoms with Gasteiger partial charge in [0, 0.05) is 5.56 Å². The molecule has 1 amide bonds. The minimum absolute atomic E-state index is 0.0642. The number of rotatable bonds is 5. The number of amides is 1. The summed E-state index contributed by atoms with van der Waals surface area (Å²) in [7, 11) is 0. The summed E-state index contributed by atoms with van der Waals surface area (Å²) in [6.07, 6.45) is 0. The van der Waals surface area contributed by atoms with Gasteiger partial charge in [-0.2, -0.15) is 14.0 Å². The van der Waals surface area contributed by atoms with Gasteiger partial charge in [0.05, 0.1) is 17.7 Å². The number of benzene rings is 2. The number of carbonyl (C=O) groups excluding carboxylic acids is 1. The maximum atomic E-state index is 12.1. The van der Waals surface area contributed by atoms with Crippen molar-refractivity contribution in [2.45, 2.75) is 19.6 Å². The van der Waals surface area contributed by atoms with Crippen LogP contribution in [0.5, 0.6) is 5.75 Å². The van der Waals surface area contributed by atoms with Gasteiger partial charge in [-0.15, -0.1) is 0 Å². The smallest absolute Gasteiger partial charge is 0.387 e. The molecule has 118 valence electrons. The summed E-state index contributed by atoms with van der Waals surface area (Å²) in [4.78, 5) is 12.1. The molecule has 0 aromatic heterocycles. The Labute approximate surface area is 132 Å². The number of hydrogen-bond acceptors (Lipinski definition) is 3. The Bertz CT molecular complexity index is 707. The van der Waals surface area contributed by atoms with E-state index >= 15 is 0 Å². The van der Waals surface area contributed by atoms with Crippen LogP contribution in [0.4, 0.5) is 8.78 Å². The quantitative estimate of drug-likeness (QED) is 0.916. The molecule has 2 rings (SSSR count). The Morgan fingerprint density at radius 1 is 1.13 bits per heavy atom. The Morgan fingerprint density at radius 2 is 1.74 bits per heavy atom. The van der Waals surface area contributed by atoms with Gasteiger partial charge in [-0.1, -0.05) is 12.1 Å². The number of carbonyl (C=O) groups is 1. The number of ether oxygens (including phenoxy) is 1. The molecule has 4 nitrogen and oxygen atoms in total. The fraction of sp³-hybridized carbons (Fsp3) is 0.176. The van der Waals surface area contributed by atoms with E-state index < -0.39 is 6.61 Å². The summed E-state index contributed by atoms with van der Waals surface area (Å²) in [6, 6.07) is 14.0. The number of hydrogen-bond donors (Lipinski definition) is 1. The van der Waals surface area contributed by atoms with E-state index in [9.17, 15) is 13.6 Å². The normalized spacial score (nSPS) is 11.6. The summed E-state index contributed by atoms with van der Waals surface area (Å²) < 4.78 is 28.5. The molecule has 0 aliphatic carbocycles. The fourth-order valence-corrected chi connectivity index (χ4v) is 2.00. The van der Waals surface area contributed by atoms with E-state index in [1.54, 1.807) is 43.3 Å². The molecule has 0 fully saturated rings. The first-order chi connectivity index (χ1) is 11.0. The van der Waals surface area contributed by atoms with Gasteiger partial charge in [0.25, 0.3) is 5.91 Å². The lowest BCUT2D eigenvalue weighted by Crippen LogP contribution is -2.26. The van der Waals surface area contributed by atoms with E-state index in [0.29, 0.717) is 11.1 Å². The minimum Gasteiger partial charge on any atom is -0.435 e. The Morgan fingerprint density at radius 3 is 2.26 bits per heavy atom. The van der Waals surface area contributed by atoms with Gasteiger partial charge < -0.3 is 10.1 Å². The predicted octanol–water partition coefficient (Wildman–Crippen LogP) is 3.65. The number of nitrogens with one attached hydrogen (secondary N) is 1. The van der Waals surface area contributed by atoms with Crippen LogP contribution in [0.2, 0.25) is 0 Å². The van der Waals surface area contributed by atoms with E-state index in [0.717, 1.165) is 5.56 Å². The molecule has 1 unspecified atom stereocenters. The van der Waals surface area contributed by atoms with Crippen molar-refractivity contribution in [3.8, 4) is 11.8 Å². The van der Waals surface area contributed by atoms with Crippen LogP contribution >= 0.6 is 0 Å². The van der Waals surface area contributed by atoms with Crippen molar-refractivity contribution in [3.05, 3.63) is 65.2 Å². The van der Waals surface area contributed by atoms with Crippen molar-refractivity contribution in [2.24, 2.45) is 0 Å². The molecule has 2 aromatic carbocycles. The van der Waals surface area contributed by atoms with Crippen LogP contribution in [0.25, 0.3) is 0 Å². The molecule has 0 aliphatic heterocycles. The topological polar surface area (TPSA) is 62.1 Å². The van der Waals surface area contributed by atoms with Crippen molar-refractivity contribution in [1.29, 1.82) is 5.26 Å². The molecule has 1 N–H and O–H groups in total. The monoisotopic (exact) mass is 316 g/mol. The van der Waals surface area contributed by atoms with Crippen LogP contribution in [0.3, 0.4) is 0 Å². The Hall–Kier alpha value is -2.94.